The summed E-state index contributed by atoms with van der Waals surface area (Å²) in [5.74, 6) is 1.83. The molecular weight excluding hydrogens is 289 g/mol. The number of hydrogen-bond donors (Lipinski definition) is 1. The van der Waals surface area contributed by atoms with E-state index < -0.39 is 0 Å². The average Bonchev–Trinajstić information content (AvgIpc) is 2.18. The van der Waals surface area contributed by atoms with Crippen LogP contribution in [-0.4, -0.2) is 16.5 Å². The van der Waals surface area contributed by atoms with Gasteiger partial charge in [0.05, 0.1) is 9.26 Å². The largest absolute Gasteiger partial charge is 0.369 e. The Morgan fingerprint density at radius 3 is 2.57 bits per heavy atom. The first-order valence-electron chi connectivity index (χ1n) is 4.95. The molecule has 0 aromatic carbocycles. The van der Waals surface area contributed by atoms with Crippen molar-refractivity contribution < 1.29 is 0 Å². The maximum absolute atomic E-state index is 4.40. The van der Waals surface area contributed by atoms with E-state index in [1.54, 1.807) is 0 Å². The summed E-state index contributed by atoms with van der Waals surface area (Å²) in [5, 5.41) is 3.32. The highest BCUT2D eigenvalue weighted by Gasteiger charge is 2.07. The molecular formula is C10H16IN3. The average molecular weight is 305 g/mol. The predicted octanol–water partition coefficient (Wildman–Crippen LogP) is 2.77. The maximum atomic E-state index is 4.40. The van der Waals surface area contributed by atoms with Crippen LogP contribution in [0.4, 0.5) is 5.82 Å². The van der Waals surface area contributed by atoms with Crippen molar-refractivity contribution in [3.8, 4) is 0 Å². The van der Waals surface area contributed by atoms with Crippen molar-refractivity contribution >= 4 is 28.4 Å². The number of halogens is 1. The Bertz CT molecular complexity index is 312. The Balaban J connectivity index is 2.96. The molecule has 0 aliphatic heterocycles. The van der Waals surface area contributed by atoms with Gasteiger partial charge in [0, 0.05) is 6.54 Å². The van der Waals surface area contributed by atoms with Crippen LogP contribution in [0.2, 0.25) is 0 Å². The minimum atomic E-state index is 0.848. The summed E-state index contributed by atoms with van der Waals surface area (Å²) < 4.78 is 1.16. The molecule has 3 nitrogen and oxygen atoms in total. The van der Waals surface area contributed by atoms with E-state index in [1.807, 2.05) is 6.92 Å². The van der Waals surface area contributed by atoms with Crippen LogP contribution in [-0.2, 0) is 6.42 Å². The van der Waals surface area contributed by atoms with Crippen molar-refractivity contribution in [2.24, 2.45) is 0 Å². The SMILES string of the molecule is CCCNc1nc(C)nc(CC)c1I. The monoisotopic (exact) mass is 305 g/mol. The van der Waals surface area contributed by atoms with Crippen LogP contribution in [0.3, 0.4) is 0 Å². The summed E-state index contributed by atoms with van der Waals surface area (Å²) in [7, 11) is 0. The van der Waals surface area contributed by atoms with E-state index in [9.17, 15) is 0 Å². The van der Waals surface area contributed by atoms with Crippen molar-refractivity contribution in [3.05, 3.63) is 15.1 Å². The first-order chi connectivity index (χ1) is 6.69. The normalized spacial score (nSPS) is 10.3. The highest BCUT2D eigenvalue weighted by Crippen LogP contribution is 2.19. The van der Waals surface area contributed by atoms with Crippen molar-refractivity contribution in [3.63, 3.8) is 0 Å². The van der Waals surface area contributed by atoms with Crippen molar-refractivity contribution in [1.82, 2.24) is 9.97 Å². The second-order valence-electron chi connectivity index (χ2n) is 3.16. The van der Waals surface area contributed by atoms with E-state index in [2.05, 4.69) is 51.7 Å². The molecule has 0 bridgehead atoms. The molecule has 1 heterocycles. The summed E-state index contributed by atoms with van der Waals surface area (Å²) in [5.41, 5.74) is 1.14. The molecule has 1 rings (SSSR count). The van der Waals surface area contributed by atoms with E-state index in [0.717, 1.165) is 40.3 Å². The third kappa shape index (κ3) is 2.80. The van der Waals surface area contributed by atoms with Crippen LogP contribution in [0.1, 0.15) is 31.8 Å². The summed E-state index contributed by atoms with van der Waals surface area (Å²) in [6.45, 7) is 7.17. The molecule has 0 atom stereocenters. The highest BCUT2D eigenvalue weighted by molar-refractivity contribution is 14.1. The van der Waals surface area contributed by atoms with Gasteiger partial charge in [-0.15, -0.1) is 0 Å². The molecule has 1 N–H and O–H groups in total. The second kappa shape index (κ2) is 5.48. The number of rotatable bonds is 4. The van der Waals surface area contributed by atoms with Gasteiger partial charge >= 0.3 is 0 Å². The number of nitrogens with one attached hydrogen (secondary N) is 1. The lowest BCUT2D eigenvalue weighted by atomic mass is 10.3. The summed E-state index contributed by atoms with van der Waals surface area (Å²) in [4.78, 5) is 8.79. The highest BCUT2D eigenvalue weighted by atomic mass is 127. The minimum absolute atomic E-state index is 0.848. The molecule has 78 valence electrons. The molecule has 0 aliphatic rings. The fourth-order valence-corrected chi connectivity index (χ4v) is 2.03. The lowest BCUT2D eigenvalue weighted by Gasteiger charge is -2.09. The van der Waals surface area contributed by atoms with Gasteiger partial charge in [0.15, 0.2) is 0 Å². The molecule has 0 unspecified atom stereocenters. The van der Waals surface area contributed by atoms with Gasteiger partial charge in [-0.2, -0.15) is 0 Å². The van der Waals surface area contributed by atoms with Crippen LogP contribution >= 0.6 is 22.6 Å². The van der Waals surface area contributed by atoms with Gasteiger partial charge in [-0.1, -0.05) is 13.8 Å². The van der Waals surface area contributed by atoms with Crippen molar-refractivity contribution in [1.29, 1.82) is 0 Å². The van der Waals surface area contributed by atoms with Gasteiger partial charge in [0.25, 0.3) is 0 Å². The Morgan fingerprint density at radius 2 is 2.00 bits per heavy atom. The zero-order chi connectivity index (χ0) is 10.6. The van der Waals surface area contributed by atoms with E-state index in [1.165, 1.54) is 0 Å². The van der Waals surface area contributed by atoms with Crippen molar-refractivity contribution in [2.75, 3.05) is 11.9 Å². The maximum Gasteiger partial charge on any atom is 0.143 e. The van der Waals surface area contributed by atoms with Crippen molar-refractivity contribution in [2.45, 2.75) is 33.6 Å². The first-order valence-corrected chi connectivity index (χ1v) is 6.03. The van der Waals surface area contributed by atoms with Gasteiger partial charge < -0.3 is 5.32 Å². The summed E-state index contributed by atoms with van der Waals surface area (Å²) in [6, 6.07) is 0. The zero-order valence-electron chi connectivity index (χ0n) is 8.89. The Hall–Kier alpha value is -0.390. The topological polar surface area (TPSA) is 37.8 Å². The smallest absolute Gasteiger partial charge is 0.143 e. The second-order valence-corrected chi connectivity index (χ2v) is 4.24. The molecule has 0 saturated heterocycles. The fraction of sp³-hybridized carbons (Fsp3) is 0.600. The molecule has 0 saturated carbocycles. The molecule has 14 heavy (non-hydrogen) atoms. The van der Waals surface area contributed by atoms with Crippen LogP contribution in [0.25, 0.3) is 0 Å². The molecule has 0 spiro atoms. The van der Waals surface area contributed by atoms with Crippen LogP contribution in [0.5, 0.6) is 0 Å². The van der Waals surface area contributed by atoms with Crippen LogP contribution in [0.15, 0.2) is 0 Å². The molecule has 0 radical (unpaired) electrons. The molecule has 1 aromatic heterocycles. The van der Waals surface area contributed by atoms with Crippen LogP contribution in [0, 0.1) is 10.5 Å². The Morgan fingerprint density at radius 1 is 1.29 bits per heavy atom. The van der Waals surface area contributed by atoms with Crippen LogP contribution < -0.4 is 5.32 Å². The number of nitrogens with zero attached hydrogens (tertiary/aromatic N) is 2. The summed E-state index contributed by atoms with van der Waals surface area (Å²) in [6.07, 6.45) is 2.07. The lowest BCUT2D eigenvalue weighted by Crippen LogP contribution is -2.08. The van der Waals surface area contributed by atoms with Gasteiger partial charge in [0.2, 0.25) is 0 Å². The lowest BCUT2D eigenvalue weighted by molar-refractivity contribution is 0.912. The van der Waals surface area contributed by atoms with E-state index in [-0.39, 0.29) is 0 Å². The molecule has 0 fully saturated rings. The molecule has 0 aliphatic carbocycles. The van der Waals surface area contributed by atoms with Gasteiger partial charge in [0.1, 0.15) is 11.6 Å². The number of anilines is 1. The van der Waals surface area contributed by atoms with E-state index in [4.69, 9.17) is 0 Å². The number of aryl methyl sites for hydroxylation is 2. The minimum Gasteiger partial charge on any atom is -0.369 e. The molecule has 1 aromatic rings. The Labute approximate surface area is 98.9 Å². The predicted molar refractivity (Wildman–Crippen MR) is 67.6 cm³/mol. The third-order valence-electron chi connectivity index (χ3n) is 1.91. The molecule has 4 heteroatoms. The third-order valence-corrected chi connectivity index (χ3v) is 3.04. The first kappa shape index (κ1) is 11.7. The van der Waals surface area contributed by atoms with Gasteiger partial charge in [-0.3, -0.25) is 0 Å². The summed E-state index contributed by atoms with van der Waals surface area (Å²) >= 11 is 2.31. The van der Waals surface area contributed by atoms with E-state index in [0.29, 0.717) is 0 Å². The fourth-order valence-electron chi connectivity index (χ4n) is 1.21. The van der Waals surface area contributed by atoms with Gasteiger partial charge in [-0.05, 0) is 42.4 Å². The zero-order valence-corrected chi connectivity index (χ0v) is 11.1. The van der Waals surface area contributed by atoms with E-state index >= 15 is 0 Å². The Kier molecular flexibility index (Phi) is 4.57. The number of hydrogen-bond acceptors (Lipinski definition) is 3. The van der Waals surface area contributed by atoms with Gasteiger partial charge in [-0.25, -0.2) is 9.97 Å². The number of aromatic nitrogens is 2. The standard InChI is InChI=1S/C10H16IN3/c1-4-6-12-10-9(11)8(5-2)13-7(3)14-10/h4-6H2,1-3H3,(H,12,13,14). The quantitative estimate of drug-likeness (QED) is 0.869. The molecule has 0 amide bonds.